The van der Waals surface area contributed by atoms with Crippen LogP contribution >= 0.6 is 0 Å². The van der Waals surface area contributed by atoms with Crippen LogP contribution in [-0.4, -0.2) is 17.0 Å². The maximum absolute atomic E-state index is 10.1. The van der Waals surface area contributed by atoms with Crippen molar-refractivity contribution in [1.29, 1.82) is 5.26 Å². The van der Waals surface area contributed by atoms with Crippen LogP contribution < -0.4 is 5.32 Å². The van der Waals surface area contributed by atoms with Crippen LogP contribution in [0.15, 0.2) is 91.0 Å². The number of benzene rings is 3. The third-order valence-electron chi connectivity index (χ3n) is 5.53. The number of nitrogens with zero attached hydrogens (tertiary/aromatic N) is 2. The van der Waals surface area contributed by atoms with Gasteiger partial charge in [0.2, 0.25) is 0 Å². The average Bonchev–Trinajstić information content (AvgIpc) is 2.80. The van der Waals surface area contributed by atoms with Gasteiger partial charge in [0.25, 0.3) is 0 Å². The van der Waals surface area contributed by atoms with Crippen LogP contribution in [0.25, 0.3) is 0 Å². The van der Waals surface area contributed by atoms with Gasteiger partial charge in [0.05, 0.1) is 6.07 Å². The van der Waals surface area contributed by atoms with Crippen molar-refractivity contribution < 1.29 is 0 Å². The van der Waals surface area contributed by atoms with E-state index in [9.17, 15) is 5.26 Å². The zero-order valence-electron chi connectivity index (χ0n) is 18.6. The molecule has 31 heavy (non-hydrogen) atoms. The summed E-state index contributed by atoms with van der Waals surface area (Å²) in [5.74, 6) is 0.494. The minimum Gasteiger partial charge on any atom is -0.297 e. The topological polar surface area (TPSA) is 39.1 Å². The minimum absolute atomic E-state index is 0.106. The number of nitrogens with one attached hydrogen (secondary N) is 1. The molecular weight excluding hydrogens is 378 g/mol. The van der Waals surface area contributed by atoms with Gasteiger partial charge in [-0.2, -0.15) is 5.26 Å². The van der Waals surface area contributed by atoms with E-state index in [2.05, 4.69) is 103 Å². The second-order valence-electron chi connectivity index (χ2n) is 8.55. The number of hydrogen-bond donors (Lipinski definition) is 1. The monoisotopic (exact) mass is 411 g/mol. The number of rotatable bonds is 11. The third kappa shape index (κ3) is 7.36. The second kappa shape index (κ2) is 12.1. The summed E-state index contributed by atoms with van der Waals surface area (Å²) in [5.41, 5.74) is 3.74. The summed E-state index contributed by atoms with van der Waals surface area (Å²) in [6.07, 6.45) is 0.958. The van der Waals surface area contributed by atoms with Crippen LogP contribution in [0.4, 0.5) is 0 Å². The molecule has 0 bridgehead atoms. The lowest BCUT2D eigenvalue weighted by Gasteiger charge is -2.36. The van der Waals surface area contributed by atoms with Gasteiger partial charge in [-0.1, -0.05) is 105 Å². The Balaban J connectivity index is 1.85. The average molecular weight is 412 g/mol. The molecule has 3 aromatic carbocycles. The van der Waals surface area contributed by atoms with Gasteiger partial charge in [0, 0.05) is 25.7 Å². The highest BCUT2D eigenvalue weighted by Gasteiger charge is 2.28. The summed E-state index contributed by atoms with van der Waals surface area (Å²) < 4.78 is 0. The first kappa shape index (κ1) is 22.7. The van der Waals surface area contributed by atoms with Crippen molar-refractivity contribution in [2.75, 3.05) is 0 Å². The van der Waals surface area contributed by atoms with Crippen LogP contribution in [0, 0.1) is 17.2 Å². The Labute approximate surface area is 187 Å². The Morgan fingerprint density at radius 3 is 1.61 bits per heavy atom. The SMILES string of the molecule is CC(C)C[C@@H]([C@H](C#N)NCc1ccccc1)N(Cc1ccccc1)Cc1ccccc1. The molecule has 0 aromatic heterocycles. The molecule has 0 aliphatic heterocycles. The van der Waals surface area contributed by atoms with Crippen molar-refractivity contribution in [1.82, 2.24) is 10.2 Å². The second-order valence-corrected chi connectivity index (χ2v) is 8.55. The van der Waals surface area contributed by atoms with Crippen LogP contribution in [-0.2, 0) is 19.6 Å². The molecule has 2 atom stereocenters. The maximum Gasteiger partial charge on any atom is 0.111 e. The highest BCUT2D eigenvalue weighted by atomic mass is 15.2. The molecule has 0 saturated heterocycles. The van der Waals surface area contributed by atoms with Gasteiger partial charge in [0.1, 0.15) is 6.04 Å². The molecule has 0 aliphatic carbocycles. The molecule has 160 valence electrons. The van der Waals surface area contributed by atoms with Gasteiger partial charge in [0.15, 0.2) is 0 Å². The lowest BCUT2D eigenvalue weighted by molar-refractivity contribution is 0.134. The number of nitriles is 1. The Morgan fingerprint density at radius 2 is 1.19 bits per heavy atom. The maximum atomic E-state index is 10.1. The van der Waals surface area contributed by atoms with E-state index in [1.165, 1.54) is 16.7 Å². The summed E-state index contributed by atoms with van der Waals surface area (Å²) >= 11 is 0. The highest BCUT2D eigenvalue weighted by molar-refractivity contribution is 5.19. The van der Waals surface area contributed by atoms with E-state index in [0.717, 1.165) is 19.5 Å². The lowest BCUT2D eigenvalue weighted by Crippen LogP contribution is -2.49. The zero-order chi connectivity index (χ0) is 21.9. The minimum atomic E-state index is -0.255. The summed E-state index contributed by atoms with van der Waals surface area (Å²) in [7, 11) is 0. The number of hydrogen-bond acceptors (Lipinski definition) is 3. The molecule has 0 unspecified atom stereocenters. The quantitative estimate of drug-likeness (QED) is 0.434. The van der Waals surface area contributed by atoms with Crippen molar-refractivity contribution >= 4 is 0 Å². The van der Waals surface area contributed by atoms with E-state index >= 15 is 0 Å². The largest absolute Gasteiger partial charge is 0.297 e. The molecule has 0 amide bonds. The molecule has 0 radical (unpaired) electrons. The molecule has 0 saturated carbocycles. The van der Waals surface area contributed by atoms with Gasteiger partial charge in [-0.15, -0.1) is 0 Å². The standard InChI is InChI=1S/C28H33N3/c1-23(2)18-28(27(19-29)30-20-24-12-6-3-7-13-24)31(21-25-14-8-4-9-15-25)22-26-16-10-5-11-17-26/h3-17,23,27-28,30H,18,20-22H2,1-2H3/t27-,28-/m0/s1. The van der Waals surface area contributed by atoms with Crippen molar-refractivity contribution in [2.24, 2.45) is 5.92 Å². The summed E-state index contributed by atoms with van der Waals surface area (Å²) in [4.78, 5) is 2.47. The van der Waals surface area contributed by atoms with Crippen molar-refractivity contribution in [3.05, 3.63) is 108 Å². The zero-order valence-corrected chi connectivity index (χ0v) is 18.6. The van der Waals surface area contributed by atoms with Gasteiger partial charge in [-0.25, -0.2) is 0 Å². The predicted molar refractivity (Wildman–Crippen MR) is 128 cm³/mol. The molecular formula is C28H33N3. The van der Waals surface area contributed by atoms with Gasteiger partial charge < -0.3 is 0 Å². The first-order valence-corrected chi connectivity index (χ1v) is 11.1. The van der Waals surface area contributed by atoms with Gasteiger partial charge in [-0.3, -0.25) is 10.2 Å². The van der Waals surface area contributed by atoms with E-state index in [0.29, 0.717) is 12.5 Å². The van der Waals surface area contributed by atoms with Gasteiger partial charge >= 0.3 is 0 Å². The Kier molecular flexibility index (Phi) is 8.84. The molecule has 0 heterocycles. The highest BCUT2D eigenvalue weighted by Crippen LogP contribution is 2.21. The van der Waals surface area contributed by atoms with Crippen molar-refractivity contribution in [3.63, 3.8) is 0 Å². The molecule has 3 heteroatoms. The Morgan fingerprint density at radius 1 is 0.742 bits per heavy atom. The van der Waals surface area contributed by atoms with Crippen molar-refractivity contribution in [3.8, 4) is 6.07 Å². The van der Waals surface area contributed by atoms with E-state index in [-0.39, 0.29) is 12.1 Å². The van der Waals surface area contributed by atoms with Crippen LogP contribution in [0.1, 0.15) is 37.0 Å². The van der Waals surface area contributed by atoms with Gasteiger partial charge in [-0.05, 0) is 29.0 Å². The summed E-state index contributed by atoms with van der Waals surface area (Å²) in [6, 6.07) is 33.9. The Hall–Kier alpha value is -2.93. The Bertz CT molecular complexity index is 875. The van der Waals surface area contributed by atoms with Crippen LogP contribution in [0.5, 0.6) is 0 Å². The fourth-order valence-electron chi connectivity index (χ4n) is 4.00. The smallest absolute Gasteiger partial charge is 0.111 e. The summed E-state index contributed by atoms with van der Waals surface area (Å²) in [5, 5.41) is 13.7. The predicted octanol–water partition coefficient (Wildman–Crippen LogP) is 5.79. The molecule has 3 aromatic rings. The normalized spacial score (nSPS) is 13.1. The van der Waals surface area contributed by atoms with E-state index in [1.807, 2.05) is 18.2 Å². The molecule has 0 fully saturated rings. The molecule has 1 N–H and O–H groups in total. The van der Waals surface area contributed by atoms with Crippen LogP contribution in [0.3, 0.4) is 0 Å². The lowest BCUT2D eigenvalue weighted by atomic mass is 9.95. The van der Waals surface area contributed by atoms with E-state index in [4.69, 9.17) is 0 Å². The molecule has 3 nitrogen and oxygen atoms in total. The van der Waals surface area contributed by atoms with Crippen LogP contribution in [0.2, 0.25) is 0 Å². The van der Waals surface area contributed by atoms with E-state index in [1.54, 1.807) is 0 Å². The first-order valence-electron chi connectivity index (χ1n) is 11.1. The first-order chi connectivity index (χ1) is 15.2. The molecule has 3 rings (SSSR count). The fraction of sp³-hybridized carbons (Fsp3) is 0.321. The molecule has 0 spiro atoms. The third-order valence-corrected chi connectivity index (χ3v) is 5.53. The van der Waals surface area contributed by atoms with Crippen molar-refractivity contribution in [2.45, 2.75) is 52.0 Å². The fourth-order valence-corrected chi connectivity index (χ4v) is 4.00. The molecule has 0 aliphatic rings. The summed E-state index contributed by atoms with van der Waals surface area (Å²) in [6.45, 7) is 6.80. The van der Waals surface area contributed by atoms with E-state index < -0.39 is 0 Å².